The van der Waals surface area contributed by atoms with Crippen LogP contribution in [0.4, 0.5) is 4.39 Å². The average Bonchev–Trinajstić information content (AvgIpc) is 2.71. The summed E-state index contributed by atoms with van der Waals surface area (Å²) in [5.74, 6) is 0.391. The first-order chi connectivity index (χ1) is 8.65. The molecule has 1 heterocycles. The maximum absolute atomic E-state index is 13.3. The predicted molar refractivity (Wildman–Crippen MR) is 70.2 cm³/mol. The normalized spacial score (nSPS) is 10.7. The van der Waals surface area contributed by atoms with E-state index in [1.165, 1.54) is 17.7 Å². The Kier molecular flexibility index (Phi) is 3.67. The van der Waals surface area contributed by atoms with Gasteiger partial charge in [0.05, 0.1) is 7.11 Å². The fourth-order valence-electron chi connectivity index (χ4n) is 2.01. The molecule has 0 fully saturated rings. The topological polar surface area (TPSA) is 37.0 Å². The van der Waals surface area contributed by atoms with E-state index in [-0.39, 0.29) is 5.82 Å². The van der Waals surface area contributed by atoms with Gasteiger partial charge in [-0.1, -0.05) is 0 Å². The summed E-state index contributed by atoms with van der Waals surface area (Å²) in [5.41, 5.74) is 3.85. The molecule has 0 aliphatic rings. The lowest BCUT2D eigenvalue weighted by Gasteiger charge is -2.06. The molecule has 0 saturated heterocycles. The number of ether oxygens (including phenoxy) is 1. The summed E-state index contributed by atoms with van der Waals surface area (Å²) in [4.78, 5) is 3.26. The molecular weight excluding hydrogens is 231 g/mol. The van der Waals surface area contributed by atoms with Crippen LogP contribution in [-0.2, 0) is 6.54 Å². The molecular formula is C14H17FN2O. The van der Waals surface area contributed by atoms with E-state index in [9.17, 15) is 4.39 Å². The Bertz CT molecular complexity index is 549. The summed E-state index contributed by atoms with van der Waals surface area (Å²) in [5, 5.41) is 3.10. The molecule has 0 radical (unpaired) electrons. The van der Waals surface area contributed by atoms with Crippen LogP contribution in [0.5, 0.6) is 5.75 Å². The van der Waals surface area contributed by atoms with Crippen LogP contribution in [0.25, 0.3) is 11.3 Å². The second kappa shape index (κ2) is 5.23. The Morgan fingerprint density at radius 2 is 2.11 bits per heavy atom. The van der Waals surface area contributed by atoms with Crippen molar-refractivity contribution >= 4 is 0 Å². The number of aromatic nitrogens is 1. The van der Waals surface area contributed by atoms with Gasteiger partial charge < -0.3 is 15.0 Å². The maximum atomic E-state index is 13.3. The number of H-pyrrole nitrogens is 1. The minimum Gasteiger partial charge on any atom is -0.496 e. The molecule has 0 amide bonds. The standard InChI is InChI=1S/C14H17FN2O/c1-9-10(8-16-2)6-13(17-9)12-7-11(15)4-5-14(12)18-3/h4-7,16-17H,8H2,1-3H3. The van der Waals surface area contributed by atoms with Gasteiger partial charge in [-0.05, 0) is 43.8 Å². The number of benzene rings is 1. The third-order valence-electron chi connectivity index (χ3n) is 2.94. The number of hydrogen-bond donors (Lipinski definition) is 2. The lowest BCUT2D eigenvalue weighted by molar-refractivity contribution is 0.415. The zero-order valence-corrected chi connectivity index (χ0v) is 10.8. The maximum Gasteiger partial charge on any atom is 0.128 e. The van der Waals surface area contributed by atoms with Crippen LogP contribution in [0.3, 0.4) is 0 Å². The third kappa shape index (κ3) is 2.38. The van der Waals surface area contributed by atoms with E-state index >= 15 is 0 Å². The molecule has 96 valence electrons. The van der Waals surface area contributed by atoms with Gasteiger partial charge in [0.15, 0.2) is 0 Å². The van der Waals surface area contributed by atoms with Crippen LogP contribution in [0.1, 0.15) is 11.3 Å². The molecule has 3 nitrogen and oxygen atoms in total. The first-order valence-corrected chi connectivity index (χ1v) is 5.82. The molecule has 0 bridgehead atoms. The second-order valence-electron chi connectivity index (χ2n) is 4.21. The van der Waals surface area contributed by atoms with Crippen LogP contribution < -0.4 is 10.1 Å². The molecule has 0 saturated carbocycles. The van der Waals surface area contributed by atoms with Gasteiger partial charge in [0.25, 0.3) is 0 Å². The molecule has 1 aromatic heterocycles. The molecule has 0 aliphatic carbocycles. The molecule has 2 aromatic rings. The number of aryl methyl sites for hydroxylation is 1. The van der Waals surface area contributed by atoms with E-state index in [0.717, 1.165) is 23.5 Å². The third-order valence-corrected chi connectivity index (χ3v) is 2.94. The Balaban J connectivity index is 2.47. The van der Waals surface area contributed by atoms with E-state index in [2.05, 4.69) is 10.3 Å². The Morgan fingerprint density at radius 3 is 2.78 bits per heavy atom. The van der Waals surface area contributed by atoms with E-state index in [4.69, 9.17) is 4.74 Å². The monoisotopic (exact) mass is 248 g/mol. The Hall–Kier alpha value is -1.81. The van der Waals surface area contributed by atoms with Crippen molar-refractivity contribution in [2.45, 2.75) is 13.5 Å². The fraction of sp³-hybridized carbons (Fsp3) is 0.286. The van der Waals surface area contributed by atoms with Gasteiger partial charge >= 0.3 is 0 Å². The molecule has 0 aliphatic heterocycles. The van der Waals surface area contributed by atoms with Gasteiger partial charge in [-0.15, -0.1) is 0 Å². The van der Waals surface area contributed by atoms with Crippen molar-refractivity contribution in [1.82, 2.24) is 10.3 Å². The fourth-order valence-corrected chi connectivity index (χ4v) is 2.01. The number of nitrogens with one attached hydrogen (secondary N) is 2. The van der Waals surface area contributed by atoms with Crippen molar-refractivity contribution in [3.63, 3.8) is 0 Å². The molecule has 4 heteroatoms. The Morgan fingerprint density at radius 1 is 1.33 bits per heavy atom. The van der Waals surface area contributed by atoms with Crippen LogP contribution in [-0.4, -0.2) is 19.1 Å². The summed E-state index contributed by atoms with van der Waals surface area (Å²) in [6.07, 6.45) is 0. The van der Waals surface area contributed by atoms with Crippen molar-refractivity contribution < 1.29 is 9.13 Å². The van der Waals surface area contributed by atoms with Crippen LogP contribution in [0, 0.1) is 12.7 Å². The lowest BCUT2D eigenvalue weighted by Crippen LogP contribution is -2.04. The van der Waals surface area contributed by atoms with Gasteiger partial charge in [0.2, 0.25) is 0 Å². The largest absolute Gasteiger partial charge is 0.496 e. The SMILES string of the molecule is CNCc1cc(-c2cc(F)ccc2OC)[nH]c1C. The summed E-state index contributed by atoms with van der Waals surface area (Å²) in [6.45, 7) is 2.78. The molecule has 0 atom stereocenters. The highest BCUT2D eigenvalue weighted by molar-refractivity contribution is 5.68. The smallest absolute Gasteiger partial charge is 0.128 e. The Labute approximate surface area is 106 Å². The lowest BCUT2D eigenvalue weighted by atomic mass is 10.1. The summed E-state index contributed by atoms with van der Waals surface area (Å²) >= 11 is 0. The quantitative estimate of drug-likeness (QED) is 0.873. The van der Waals surface area contributed by atoms with E-state index in [0.29, 0.717) is 5.75 Å². The highest BCUT2D eigenvalue weighted by atomic mass is 19.1. The average molecular weight is 248 g/mol. The van der Waals surface area contributed by atoms with Crippen molar-refractivity contribution in [3.05, 3.63) is 41.3 Å². The van der Waals surface area contributed by atoms with E-state index in [1.807, 2.05) is 20.0 Å². The first kappa shape index (κ1) is 12.6. The van der Waals surface area contributed by atoms with Crippen molar-refractivity contribution in [3.8, 4) is 17.0 Å². The highest BCUT2D eigenvalue weighted by Gasteiger charge is 2.11. The van der Waals surface area contributed by atoms with E-state index in [1.54, 1.807) is 13.2 Å². The minimum absolute atomic E-state index is 0.270. The molecule has 2 N–H and O–H groups in total. The van der Waals surface area contributed by atoms with Crippen LogP contribution in [0.2, 0.25) is 0 Å². The summed E-state index contributed by atoms with van der Waals surface area (Å²) < 4.78 is 18.6. The zero-order valence-electron chi connectivity index (χ0n) is 10.8. The summed E-state index contributed by atoms with van der Waals surface area (Å²) in [7, 11) is 3.48. The van der Waals surface area contributed by atoms with Crippen LogP contribution >= 0.6 is 0 Å². The number of aromatic amines is 1. The molecule has 2 rings (SSSR count). The highest BCUT2D eigenvalue weighted by Crippen LogP contribution is 2.31. The number of methoxy groups -OCH3 is 1. The first-order valence-electron chi connectivity index (χ1n) is 5.82. The number of rotatable bonds is 4. The number of halogens is 1. The molecule has 18 heavy (non-hydrogen) atoms. The van der Waals surface area contributed by atoms with Gasteiger partial charge in [0, 0.05) is 23.5 Å². The van der Waals surface area contributed by atoms with Crippen molar-refractivity contribution in [1.29, 1.82) is 0 Å². The zero-order chi connectivity index (χ0) is 13.1. The van der Waals surface area contributed by atoms with Crippen molar-refractivity contribution in [2.75, 3.05) is 14.2 Å². The molecule has 0 unspecified atom stereocenters. The second-order valence-corrected chi connectivity index (χ2v) is 4.21. The van der Waals surface area contributed by atoms with E-state index < -0.39 is 0 Å². The van der Waals surface area contributed by atoms with Gasteiger partial charge in [-0.2, -0.15) is 0 Å². The molecule has 1 aromatic carbocycles. The minimum atomic E-state index is -0.270. The van der Waals surface area contributed by atoms with Crippen LogP contribution in [0.15, 0.2) is 24.3 Å². The summed E-state index contributed by atoms with van der Waals surface area (Å²) in [6, 6.07) is 6.53. The van der Waals surface area contributed by atoms with Crippen molar-refractivity contribution in [2.24, 2.45) is 0 Å². The molecule has 0 spiro atoms. The predicted octanol–water partition coefficient (Wildman–Crippen LogP) is 2.86. The van der Waals surface area contributed by atoms with Gasteiger partial charge in [-0.25, -0.2) is 4.39 Å². The van der Waals surface area contributed by atoms with Gasteiger partial charge in [-0.3, -0.25) is 0 Å². The van der Waals surface area contributed by atoms with Gasteiger partial charge in [0.1, 0.15) is 11.6 Å². The number of hydrogen-bond acceptors (Lipinski definition) is 2.